The van der Waals surface area contributed by atoms with Crippen LogP contribution in [0.15, 0.2) is 0 Å². The minimum absolute atomic E-state index is 0.763. The molecule has 18 heteroatoms. The Morgan fingerprint density at radius 2 is 1.03 bits per heavy atom. The lowest BCUT2D eigenvalue weighted by atomic mass is 10.1. The average molecular weight is 553 g/mol. The van der Waals surface area contributed by atoms with Crippen LogP contribution in [0.4, 0.5) is 0 Å². The predicted molar refractivity (Wildman–Crippen MR) is 126 cm³/mol. The van der Waals surface area contributed by atoms with E-state index >= 15 is 0 Å². The molecule has 0 aliphatic carbocycles. The fourth-order valence-corrected chi connectivity index (χ4v) is 2.78. The number of hydrogen-bond donors (Lipinski definition) is 12. The van der Waals surface area contributed by atoms with Gasteiger partial charge in [-0.15, -0.1) is 0 Å². The molecule has 0 aromatic carbocycles. The fourth-order valence-electron chi connectivity index (χ4n) is 2.78. The number of aliphatic hydroxyl groups excluding tert-OH is 5. The molecule has 218 valence electrons. The highest BCUT2D eigenvalue weighted by molar-refractivity contribution is 5.96. The Morgan fingerprint density at radius 1 is 0.632 bits per heavy atom. The molecule has 0 saturated heterocycles. The summed E-state index contributed by atoms with van der Waals surface area (Å²) in [5, 5.41) is 67.0. The van der Waals surface area contributed by atoms with E-state index in [1.54, 1.807) is 0 Å². The quantitative estimate of drug-likeness (QED) is 0.0847. The van der Waals surface area contributed by atoms with Gasteiger partial charge in [-0.2, -0.15) is 0 Å². The van der Waals surface area contributed by atoms with E-state index in [4.69, 9.17) is 15.9 Å². The van der Waals surface area contributed by atoms with Crippen LogP contribution in [0.2, 0.25) is 0 Å². The number of nitrogens with one attached hydrogen (secondary N) is 5. The molecule has 0 fully saturated rings. The molecular weight excluding hydrogens is 516 g/mol. The van der Waals surface area contributed by atoms with Crippen molar-refractivity contribution in [1.29, 1.82) is 0 Å². The number of carboxylic acid groups (broad SMARTS) is 1. The van der Waals surface area contributed by atoms with E-state index in [1.165, 1.54) is 0 Å². The zero-order chi connectivity index (χ0) is 29.7. The number of carbonyl (C=O) groups is 6. The molecule has 0 rings (SSSR count). The normalized spacial score (nSPS) is 17.3. The zero-order valence-electron chi connectivity index (χ0n) is 21.0. The maximum absolute atomic E-state index is 12.7. The second-order valence-electron chi connectivity index (χ2n) is 8.32. The molecule has 18 nitrogen and oxygen atoms in total. The van der Waals surface area contributed by atoms with E-state index in [0.29, 0.717) is 0 Å². The van der Waals surface area contributed by atoms with Crippen LogP contribution >= 0.6 is 0 Å². The molecule has 0 saturated carbocycles. The number of aliphatic hydroxyl groups is 5. The summed E-state index contributed by atoms with van der Waals surface area (Å²) in [6.45, 7) is 0.721. The van der Waals surface area contributed by atoms with Crippen LogP contribution in [0.5, 0.6) is 0 Å². The third kappa shape index (κ3) is 11.3. The van der Waals surface area contributed by atoms with E-state index in [-0.39, 0.29) is 0 Å². The Bertz CT molecular complexity index is 852. The molecule has 0 bridgehead atoms. The lowest BCUT2D eigenvalue weighted by Crippen LogP contribution is -2.63. The van der Waals surface area contributed by atoms with Gasteiger partial charge in [0.1, 0.15) is 36.8 Å². The van der Waals surface area contributed by atoms with Crippen molar-refractivity contribution in [2.75, 3.05) is 19.8 Å². The van der Waals surface area contributed by atoms with Crippen molar-refractivity contribution in [3.8, 4) is 0 Å². The van der Waals surface area contributed by atoms with E-state index in [2.05, 4.69) is 10.6 Å². The van der Waals surface area contributed by atoms with Gasteiger partial charge < -0.3 is 63.0 Å². The van der Waals surface area contributed by atoms with E-state index < -0.39 is 104 Å². The number of rotatable bonds is 16. The van der Waals surface area contributed by atoms with Crippen LogP contribution in [0.1, 0.15) is 20.8 Å². The summed E-state index contributed by atoms with van der Waals surface area (Å²) in [5.41, 5.74) is 5.36. The Hall–Kier alpha value is -3.42. The van der Waals surface area contributed by atoms with Gasteiger partial charge in [0, 0.05) is 0 Å². The number of aliphatic carboxylic acids is 1. The third-order valence-corrected chi connectivity index (χ3v) is 4.95. The van der Waals surface area contributed by atoms with Gasteiger partial charge in [-0.05, 0) is 20.8 Å². The lowest BCUT2D eigenvalue weighted by Gasteiger charge is -2.28. The SMILES string of the molecule is C[C@@H](O)[C@H](NC(=O)[C@H](CO)NC(=O)[C@@H](NC(=O)[C@@H](NC(=O)[C@@H](N)CO)[C@@H](C)O)[C@@H](C)O)C(=O)NCC(=O)O. The van der Waals surface area contributed by atoms with Crippen LogP contribution in [-0.2, 0) is 28.8 Å². The Labute approximate surface area is 216 Å². The van der Waals surface area contributed by atoms with Gasteiger partial charge in [0.2, 0.25) is 29.5 Å². The highest BCUT2D eigenvalue weighted by atomic mass is 16.4. The van der Waals surface area contributed by atoms with Crippen LogP contribution in [0.25, 0.3) is 0 Å². The van der Waals surface area contributed by atoms with E-state index in [1.807, 2.05) is 16.0 Å². The molecule has 0 radical (unpaired) electrons. The van der Waals surface area contributed by atoms with Gasteiger partial charge in [-0.1, -0.05) is 0 Å². The molecule has 0 spiro atoms. The first kappa shape index (κ1) is 34.6. The lowest BCUT2D eigenvalue weighted by molar-refractivity contribution is -0.140. The molecule has 0 aromatic heterocycles. The molecule has 13 N–H and O–H groups in total. The highest BCUT2D eigenvalue weighted by Crippen LogP contribution is 2.01. The average Bonchev–Trinajstić information content (AvgIpc) is 2.83. The maximum Gasteiger partial charge on any atom is 0.322 e. The summed E-state index contributed by atoms with van der Waals surface area (Å²) in [7, 11) is 0. The predicted octanol–water partition coefficient (Wildman–Crippen LogP) is -7.42. The van der Waals surface area contributed by atoms with Crippen molar-refractivity contribution < 1.29 is 59.4 Å². The van der Waals surface area contributed by atoms with Crippen LogP contribution < -0.4 is 32.3 Å². The van der Waals surface area contributed by atoms with Crippen molar-refractivity contribution in [3.05, 3.63) is 0 Å². The maximum atomic E-state index is 12.7. The molecule has 0 aromatic rings. The molecule has 5 amide bonds. The molecule has 8 atom stereocenters. The summed E-state index contributed by atoms with van der Waals surface area (Å²) in [6.07, 6.45) is -4.62. The van der Waals surface area contributed by atoms with Gasteiger partial charge in [-0.25, -0.2) is 0 Å². The Kier molecular flexibility index (Phi) is 14.9. The third-order valence-electron chi connectivity index (χ3n) is 4.95. The van der Waals surface area contributed by atoms with Crippen molar-refractivity contribution in [1.82, 2.24) is 26.6 Å². The van der Waals surface area contributed by atoms with Crippen molar-refractivity contribution in [3.63, 3.8) is 0 Å². The van der Waals surface area contributed by atoms with Crippen molar-refractivity contribution >= 4 is 35.5 Å². The summed E-state index contributed by atoms with van der Waals surface area (Å²) < 4.78 is 0. The topological polar surface area (TPSA) is 310 Å². The first-order valence-electron chi connectivity index (χ1n) is 11.3. The number of hydrogen-bond acceptors (Lipinski definition) is 12. The molecule has 38 heavy (non-hydrogen) atoms. The fraction of sp³-hybridized carbons (Fsp3) is 0.700. The van der Waals surface area contributed by atoms with E-state index in [9.17, 15) is 49.2 Å². The summed E-state index contributed by atoms with van der Waals surface area (Å²) in [6, 6.07) is -8.28. The van der Waals surface area contributed by atoms with Gasteiger partial charge in [0.15, 0.2) is 0 Å². The summed E-state index contributed by atoms with van der Waals surface area (Å²) in [4.78, 5) is 72.5. The largest absolute Gasteiger partial charge is 0.480 e. The molecular formula is C20H36N6O12. The highest BCUT2D eigenvalue weighted by Gasteiger charge is 2.35. The summed E-state index contributed by atoms with van der Waals surface area (Å²) >= 11 is 0. The molecule has 0 unspecified atom stereocenters. The number of carbonyl (C=O) groups excluding carboxylic acids is 5. The second kappa shape index (κ2) is 16.4. The van der Waals surface area contributed by atoms with Crippen LogP contribution in [0, 0.1) is 0 Å². The van der Waals surface area contributed by atoms with Gasteiger partial charge in [0.05, 0.1) is 31.5 Å². The standard InChI is InChI=1S/C20H36N6O12/c1-7(29)13(18(36)22-4-12(32)33)25-17(35)11(6-28)23-19(37)14(8(2)30)26-20(38)15(9(3)31)24-16(34)10(21)5-27/h7-11,13-15,27-31H,4-6,21H2,1-3H3,(H,22,36)(H,23,37)(H,24,34)(H,25,35)(H,26,38)(H,32,33)/t7-,8-,9-,10+,11+,13+,14+,15+/m1/s1. The molecule has 0 aliphatic rings. The first-order valence-corrected chi connectivity index (χ1v) is 11.3. The van der Waals surface area contributed by atoms with Crippen LogP contribution in [-0.4, -0.2) is 134 Å². The Morgan fingerprint density at radius 3 is 1.42 bits per heavy atom. The van der Waals surface area contributed by atoms with Gasteiger partial charge in [0.25, 0.3) is 0 Å². The minimum Gasteiger partial charge on any atom is -0.480 e. The Balaban J connectivity index is 5.52. The zero-order valence-corrected chi connectivity index (χ0v) is 21.0. The monoisotopic (exact) mass is 552 g/mol. The van der Waals surface area contributed by atoms with Crippen LogP contribution in [0.3, 0.4) is 0 Å². The second-order valence-corrected chi connectivity index (χ2v) is 8.32. The number of carboxylic acids is 1. The van der Waals surface area contributed by atoms with Crippen molar-refractivity contribution in [2.45, 2.75) is 69.3 Å². The van der Waals surface area contributed by atoms with E-state index in [0.717, 1.165) is 20.8 Å². The number of nitrogens with two attached hydrogens (primary N) is 1. The first-order chi connectivity index (χ1) is 17.6. The summed E-state index contributed by atoms with van der Waals surface area (Å²) in [5.74, 6) is -6.99. The smallest absolute Gasteiger partial charge is 0.322 e. The van der Waals surface area contributed by atoms with Crippen molar-refractivity contribution in [2.24, 2.45) is 5.73 Å². The number of amides is 5. The van der Waals surface area contributed by atoms with Gasteiger partial charge in [-0.3, -0.25) is 28.8 Å². The minimum atomic E-state index is -1.78. The molecule has 0 aliphatic heterocycles. The molecule has 0 heterocycles. The van der Waals surface area contributed by atoms with Gasteiger partial charge >= 0.3 is 5.97 Å².